The van der Waals surface area contributed by atoms with Crippen molar-refractivity contribution in [2.45, 2.75) is 13.0 Å². The molecule has 0 aliphatic carbocycles. The van der Waals surface area contributed by atoms with Crippen molar-refractivity contribution in [2.24, 2.45) is 5.92 Å². The number of piperazine rings is 1. The van der Waals surface area contributed by atoms with E-state index < -0.39 is 0 Å². The fourth-order valence-corrected chi connectivity index (χ4v) is 2.87. The zero-order valence-electron chi connectivity index (χ0n) is 11.9. The van der Waals surface area contributed by atoms with Gasteiger partial charge in [0.25, 0.3) is 0 Å². The predicted molar refractivity (Wildman–Crippen MR) is 79.3 cm³/mol. The molecule has 20 heavy (non-hydrogen) atoms. The maximum atomic E-state index is 12.1. The third kappa shape index (κ3) is 3.38. The molecule has 0 atom stereocenters. The van der Waals surface area contributed by atoms with Crippen molar-refractivity contribution in [3.05, 3.63) is 35.9 Å². The first-order valence-electron chi connectivity index (χ1n) is 7.56. The molecule has 0 unspecified atom stereocenters. The molecule has 108 valence electrons. The maximum Gasteiger partial charge on any atom is 0.223 e. The van der Waals surface area contributed by atoms with Crippen molar-refractivity contribution in [3.8, 4) is 0 Å². The summed E-state index contributed by atoms with van der Waals surface area (Å²) in [5.41, 5.74) is 1.35. The molecule has 1 N–H and O–H groups in total. The highest BCUT2D eigenvalue weighted by atomic mass is 16.2. The van der Waals surface area contributed by atoms with E-state index in [0.717, 1.165) is 52.2 Å². The Bertz CT molecular complexity index is 436. The largest absolute Gasteiger partial charge is 0.340 e. The molecule has 4 heteroatoms. The lowest BCUT2D eigenvalue weighted by molar-refractivity contribution is -0.134. The topological polar surface area (TPSA) is 35.6 Å². The third-order valence-electron chi connectivity index (χ3n) is 4.30. The molecule has 0 saturated carbocycles. The van der Waals surface area contributed by atoms with Gasteiger partial charge >= 0.3 is 0 Å². The van der Waals surface area contributed by atoms with Crippen molar-refractivity contribution in [1.29, 1.82) is 0 Å². The Hall–Kier alpha value is -1.39. The van der Waals surface area contributed by atoms with E-state index in [0.29, 0.717) is 11.8 Å². The van der Waals surface area contributed by atoms with Gasteiger partial charge in [-0.2, -0.15) is 0 Å². The van der Waals surface area contributed by atoms with Gasteiger partial charge in [-0.1, -0.05) is 30.3 Å². The first-order chi connectivity index (χ1) is 9.81. The van der Waals surface area contributed by atoms with E-state index in [1.165, 1.54) is 5.56 Å². The first-order valence-corrected chi connectivity index (χ1v) is 7.56. The van der Waals surface area contributed by atoms with Crippen molar-refractivity contribution in [3.63, 3.8) is 0 Å². The summed E-state index contributed by atoms with van der Waals surface area (Å²) in [6.07, 6.45) is 0.728. The number of amides is 1. The van der Waals surface area contributed by atoms with Crippen LogP contribution in [0.25, 0.3) is 0 Å². The Labute approximate surface area is 120 Å². The SMILES string of the molecule is O=C(CC1CNC1)N1CCN(Cc2ccccc2)CC1. The predicted octanol–water partition coefficient (Wildman–Crippen LogP) is 0.940. The van der Waals surface area contributed by atoms with Crippen LogP contribution in [0.3, 0.4) is 0 Å². The molecule has 2 aliphatic rings. The van der Waals surface area contributed by atoms with Crippen molar-refractivity contribution >= 4 is 5.91 Å². The summed E-state index contributed by atoms with van der Waals surface area (Å²) in [5.74, 6) is 0.917. The molecule has 2 aliphatic heterocycles. The lowest BCUT2D eigenvalue weighted by Gasteiger charge is -2.36. The number of benzene rings is 1. The van der Waals surface area contributed by atoms with Crippen molar-refractivity contribution < 1.29 is 4.79 Å². The monoisotopic (exact) mass is 273 g/mol. The van der Waals surface area contributed by atoms with Crippen LogP contribution in [-0.4, -0.2) is 55.0 Å². The van der Waals surface area contributed by atoms with Crippen LogP contribution in [0.1, 0.15) is 12.0 Å². The quantitative estimate of drug-likeness (QED) is 0.887. The second-order valence-electron chi connectivity index (χ2n) is 5.87. The molecular weight excluding hydrogens is 250 g/mol. The number of hydrogen-bond donors (Lipinski definition) is 1. The first kappa shape index (κ1) is 13.6. The molecule has 2 heterocycles. The fraction of sp³-hybridized carbons (Fsp3) is 0.562. The average molecular weight is 273 g/mol. The molecule has 4 nitrogen and oxygen atoms in total. The van der Waals surface area contributed by atoms with Crippen LogP contribution < -0.4 is 5.32 Å². The molecule has 0 bridgehead atoms. The number of nitrogens with one attached hydrogen (secondary N) is 1. The van der Waals surface area contributed by atoms with Crippen LogP contribution in [0.15, 0.2) is 30.3 Å². The second kappa shape index (κ2) is 6.37. The highest BCUT2D eigenvalue weighted by molar-refractivity contribution is 5.76. The molecule has 1 aromatic carbocycles. The minimum Gasteiger partial charge on any atom is -0.340 e. The number of carbonyl (C=O) groups excluding carboxylic acids is 1. The lowest BCUT2D eigenvalue weighted by atomic mass is 9.98. The van der Waals surface area contributed by atoms with Crippen LogP contribution in [0.2, 0.25) is 0 Å². The summed E-state index contributed by atoms with van der Waals surface area (Å²) in [5, 5.41) is 3.22. The highest BCUT2D eigenvalue weighted by Crippen LogP contribution is 2.13. The smallest absolute Gasteiger partial charge is 0.223 e. The summed E-state index contributed by atoms with van der Waals surface area (Å²) in [6, 6.07) is 10.6. The molecule has 1 aromatic rings. The molecule has 0 aromatic heterocycles. The van der Waals surface area contributed by atoms with Crippen LogP contribution in [-0.2, 0) is 11.3 Å². The van der Waals surface area contributed by atoms with Crippen molar-refractivity contribution in [1.82, 2.24) is 15.1 Å². The molecular formula is C16H23N3O. The summed E-state index contributed by atoms with van der Waals surface area (Å²) < 4.78 is 0. The van der Waals surface area contributed by atoms with Crippen LogP contribution in [0.5, 0.6) is 0 Å². The van der Waals surface area contributed by atoms with Gasteiger partial charge in [0.1, 0.15) is 0 Å². The third-order valence-corrected chi connectivity index (χ3v) is 4.30. The molecule has 2 fully saturated rings. The Morgan fingerprint density at radius 2 is 1.80 bits per heavy atom. The van der Waals surface area contributed by atoms with E-state index in [4.69, 9.17) is 0 Å². The second-order valence-corrected chi connectivity index (χ2v) is 5.87. The Kier molecular flexibility index (Phi) is 4.33. The van der Waals surface area contributed by atoms with Gasteiger partial charge < -0.3 is 10.2 Å². The minimum atomic E-state index is 0.343. The Balaban J connectivity index is 1.43. The van der Waals surface area contributed by atoms with Gasteiger partial charge in [-0.05, 0) is 24.6 Å². The zero-order valence-corrected chi connectivity index (χ0v) is 11.9. The normalized spacial score (nSPS) is 20.7. The van der Waals surface area contributed by atoms with Gasteiger partial charge in [0.2, 0.25) is 5.91 Å². The number of nitrogens with zero attached hydrogens (tertiary/aromatic N) is 2. The number of rotatable bonds is 4. The highest BCUT2D eigenvalue weighted by Gasteiger charge is 2.25. The lowest BCUT2D eigenvalue weighted by Crippen LogP contribution is -2.50. The standard InChI is InChI=1S/C16H23N3O/c20-16(10-15-11-17-12-15)19-8-6-18(7-9-19)13-14-4-2-1-3-5-14/h1-5,15,17H,6-13H2. The summed E-state index contributed by atoms with van der Waals surface area (Å²) in [4.78, 5) is 16.6. The van der Waals surface area contributed by atoms with Crippen LogP contribution in [0.4, 0.5) is 0 Å². The van der Waals surface area contributed by atoms with E-state index in [1.54, 1.807) is 0 Å². The molecule has 0 spiro atoms. The van der Waals surface area contributed by atoms with Gasteiger partial charge in [0.05, 0.1) is 0 Å². The number of hydrogen-bond acceptors (Lipinski definition) is 3. The van der Waals surface area contributed by atoms with E-state index in [9.17, 15) is 4.79 Å². The molecule has 0 radical (unpaired) electrons. The summed E-state index contributed by atoms with van der Waals surface area (Å²) in [6.45, 7) is 6.76. The zero-order chi connectivity index (χ0) is 13.8. The van der Waals surface area contributed by atoms with Gasteiger partial charge in [-0.3, -0.25) is 9.69 Å². The van der Waals surface area contributed by atoms with Gasteiger partial charge in [0.15, 0.2) is 0 Å². The van der Waals surface area contributed by atoms with Crippen LogP contribution >= 0.6 is 0 Å². The van der Waals surface area contributed by atoms with Crippen molar-refractivity contribution in [2.75, 3.05) is 39.3 Å². The summed E-state index contributed by atoms with van der Waals surface area (Å²) in [7, 11) is 0. The van der Waals surface area contributed by atoms with Crippen LogP contribution in [0, 0.1) is 5.92 Å². The molecule has 3 rings (SSSR count). The Morgan fingerprint density at radius 3 is 2.40 bits per heavy atom. The average Bonchev–Trinajstić information content (AvgIpc) is 2.44. The van der Waals surface area contributed by atoms with E-state index in [1.807, 2.05) is 4.90 Å². The van der Waals surface area contributed by atoms with E-state index in [-0.39, 0.29) is 0 Å². The molecule has 2 saturated heterocycles. The fourth-order valence-electron chi connectivity index (χ4n) is 2.87. The Morgan fingerprint density at radius 1 is 1.10 bits per heavy atom. The maximum absolute atomic E-state index is 12.1. The van der Waals surface area contributed by atoms with E-state index >= 15 is 0 Å². The number of carbonyl (C=O) groups is 1. The van der Waals surface area contributed by atoms with Gasteiger partial charge in [0, 0.05) is 39.1 Å². The van der Waals surface area contributed by atoms with Gasteiger partial charge in [-0.15, -0.1) is 0 Å². The molecule has 1 amide bonds. The van der Waals surface area contributed by atoms with Gasteiger partial charge in [-0.25, -0.2) is 0 Å². The van der Waals surface area contributed by atoms with E-state index in [2.05, 4.69) is 40.5 Å². The summed E-state index contributed by atoms with van der Waals surface area (Å²) >= 11 is 0. The minimum absolute atomic E-state index is 0.343.